The molecule has 35 heavy (non-hydrogen) atoms. The molecule has 0 radical (unpaired) electrons. The van der Waals surface area contributed by atoms with Crippen LogP contribution in [0.2, 0.25) is 0 Å². The molecule has 1 aliphatic carbocycles. The van der Waals surface area contributed by atoms with Crippen molar-refractivity contribution in [1.29, 1.82) is 0 Å². The number of rotatable bonds is 15. The summed E-state index contributed by atoms with van der Waals surface area (Å²) >= 11 is 0. The van der Waals surface area contributed by atoms with Gasteiger partial charge in [-0.3, -0.25) is 9.59 Å². The molecule has 1 amide bonds. The summed E-state index contributed by atoms with van der Waals surface area (Å²) in [5, 5.41) is 2.59. The number of pyridine rings is 1. The summed E-state index contributed by atoms with van der Waals surface area (Å²) in [6, 6.07) is 0.545. The van der Waals surface area contributed by atoms with Crippen molar-refractivity contribution in [1.82, 2.24) is 10.3 Å². The Hall–Kier alpha value is -2.88. The van der Waals surface area contributed by atoms with Crippen LogP contribution in [-0.2, 0) is 23.8 Å². The summed E-state index contributed by atoms with van der Waals surface area (Å²) in [6.45, 7) is 9.04. The second-order valence-electron chi connectivity index (χ2n) is 8.74. The first-order valence-corrected chi connectivity index (χ1v) is 12.1. The monoisotopic (exact) mass is 494 g/mol. The third-order valence-corrected chi connectivity index (χ3v) is 5.97. The van der Waals surface area contributed by atoms with Crippen LogP contribution in [0.4, 0.5) is 0 Å². The third-order valence-electron chi connectivity index (χ3n) is 5.97. The first-order valence-electron chi connectivity index (χ1n) is 12.1. The van der Waals surface area contributed by atoms with Crippen LogP contribution in [0.1, 0.15) is 70.8 Å². The van der Waals surface area contributed by atoms with E-state index in [1.54, 1.807) is 0 Å². The van der Waals surface area contributed by atoms with Crippen LogP contribution in [-0.4, -0.2) is 61.6 Å². The molecule has 1 heterocycles. The smallest absolute Gasteiger partial charge is 0.328 e. The Balaban J connectivity index is 2.04. The van der Waals surface area contributed by atoms with Crippen molar-refractivity contribution in [3.63, 3.8) is 0 Å². The van der Waals surface area contributed by atoms with Crippen molar-refractivity contribution in [2.45, 2.75) is 78.6 Å². The van der Waals surface area contributed by atoms with E-state index in [0.29, 0.717) is 12.5 Å². The number of carbonyl (C=O) groups is 3. The molecule has 1 saturated carbocycles. The molecular weight excluding hydrogens is 456 g/mol. The fourth-order valence-electron chi connectivity index (χ4n) is 3.68. The fraction of sp³-hybridized carbons (Fsp3) is 0.680. The van der Waals surface area contributed by atoms with Gasteiger partial charge in [-0.15, -0.1) is 0 Å². The SMILES string of the molecule is CCC(CC)[C@@H](OCC1CC1)[C@H](C)OC(=O)[C@H](C)NC(=O)c1nccc(OC)c1OCOC(C)=O. The molecule has 0 aliphatic heterocycles. The van der Waals surface area contributed by atoms with E-state index in [2.05, 4.69) is 24.1 Å². The van der Waals surface area contributed by atoms with E-state index in [1.165, 1.54) is 46.1 Å². The number of amides is 1. The van der Waals surface area contributed by atoms with E-state index in [-0.39, 0.29) is 29.2 Å². The van der Waals surface area contributed by atoms with Crippen LogP contribution < -0.4 is 14.8 Å². The van der Waals surface area contributed by atoms with Gasteiger partial charge in [-0.2, -0.15) is 0 Å². The van der Waals surface area contributed by atoms with Gasteiger partial charge in [0.1, 0.15) is 12.1 Å². The van der Waals surface area contributed by atoms with Gasteiger partial charge >= 0.3 is 11.9 Å². The molecule has 10 nitrogen and oxygen atoms in total. The average Bonchev–Trinajstić information content (AvgIpc) is 3.65. The second kappa shape index (κ2) is 13.9. The van der Waals surface area contributed by atoms with Gasteiger partial charge in [0.15, 0.2) is 17.2 Å². The summed E-state index contributed by atoms with van der Waals surface area (Å²) in [5.74, 6) is -0.716. The van der Waals surface area contributed by atoms with Crippen LogP contribution in [0.3, 0.4) is 0 Å². The first-order chi connectivity index (χ1) is 16.7. The molecule has 196 valence electrons. The lowest BCUT2D eigenvalue weighted by atomic mass is 9.93. The number of hydrogen-bond donors (Lipinski definition) is 1. The lowest BCUT2D eigenvalue weighted by Gasteiger charge is -2.31. The second-order valence-corrected chi connectivity index (χ2v) is 8.74. The number of nitrogens with zero attached hydrogens (tertiary/aromatic N) is 1. The van der Waals surface area contributed by atoms with Crippen LogP contribution >= 0.6 is 0 Å². The topological polar surface area (TPSA) is 122 Å². The van der Waals surface area contributed by atoms with E-state index in [0.717, 1.165) is 12.8 Å². The van der Waals surface area contributed by atoms with E-state index in [9.17, 15) is 14.4 Å². The molecule has 0 saturated heterocycles. The molecule has 1 aliphatic rings. The van der Waals surface area contributed by atoms with E-state index in [1.807, 2.05) is 6.92 Å². The van der Waals surface area contributed by atoms with Crippen molar-refractivity contribution >= 4 is 17.8 Å². The molecule has 1 aromatic rings. The van der Waals surface area contributed by atoms with Gasteiger partial charge in [-0.25, -0.2) is 9.78 Å². The lowest BCUT2D eigenvalue weighted by molar-refractivity contribution is -0.161. The molecule has 0 spiro atoms. The van der Waals surface area contributed by atoms with Crippen LogP contribution in [0.15, 0.2) is 12.3 Å². The van der Waals surface area contributed by atoms with Crippen molar-refractivity contribution in [2.24, 2.45) is 11.8 Å². The minimum atomic E-state index is -0.954. The van der Waals surface area contributed by atoms with Gasteiger partial charge in [-0.05, 0) is 38.5 Å². The largest absolute Gasteiger partial charge is 0.493 e. The average molecular weight is 495 g/mol. The molecule has 0 unspecified atom stereocenters. The Morgan fingerprint density at radius 2 is 1.86 bits per heavy atom. The number of aromatic nitrogens is 1. The van der Waals surface area contributed by atoms with E-state index in [4.69, 9.17) is 23.7 Å². The van der Waals surface area contributed by atoms with Crippen LogP contribution in [0, 0.1) is 11.8 Å². The van der Waals surface area contributed by atoms with Gasteiger partial charge in [0.2, 0.25) is 6.79 Å². The highest BCUT2D eigenvalue weighted by Crippen LogP contribution is 2.32. The number of methoxy groups -OCH3 is 1. The number of esters is 2. The molecule has 2 rings (SSSR count). The van der Waals surface area contributed by atoms with Crippen molar-refractivity contribution in [3.05, 3.63) is 18.0 Å². The van der Waals surface area contributed by atoms with Gasteiger partial charge in [0.05, 0.1) is 13.2 Å². The molecule has 0 bridgehead atoms. The van der Waals surface area contributed by atoms with Crippen molar-refractivity contribution in [2.75, 3.05) is 20.5 Å². The summed E-state index contributed by atoms with van der Waals surface area (Å²) in [6.07, 6.45) is 4.88. The number of hydrogen-bond acceptors (Lipinski definition) is 9. The van der Waals surface area contributed by atoms with E-state index >= 15 is 0 Å². The molecule has 10 heteroatoms. The minimum Gasteiger partial charge on any atom is -0.493 e. The highest BCUT2D eigenvalue weighted by Gasteiger charge is 2.33. The highest BCUT2D eigenvalue weighted by molar-refractivity contribution is 5.98. The normalized spacial score (nSPS) is 15.6. The summed E-state index contributed by atoms with van der Waals surface area (Å²) in [4.78, 5) is 40.8. The molecule has 1 fully saturated rings. The zero-order chi connectivity index (χ0) is 26.0. The number of ether oxygens (including phenoxy) is 5. The maximum absolute atomic E-state index is 12.9. The molecule has 1 aromatic heterocycles. The standard InChI is InChI=1S/C25H38N2O8/c1-7-19(8-2)22(32-13-18-9-10-18)16(4)35-25(30)15(3)27-24(29)21-23(34-14-33-17(5)28)20(31-6)11-12-26-21/h11-12,15-16,18-19,22H,7-10,13-14H2,1-6H3,(H,27,29)/t15-,16-,22-/m0/s1. The quantitative estimate of drug-likeness (QED) is 0.289. The molecule has 3 atom stereocenters. The Morgan fingerprint density at radius 1 is 1.17 bits per heavy atom. The number of carbonyl (C=O) groups excluding carboxylic acids is 3. The van der Waals surface area contributed by atoms with Crippen molar-refractivity contribution < 1.29 is 38.1 Å². The van der Waals surface area contributed by atoms with Gasteiger partial charge in [0.25, 0.3) is 5.91 Å². The van der Waals surface area contributed by atoms with Crippen LogP contribution in [0.25, 0.3) is 0 Å². The lowest BCUT2D eigenvalue weighted by Crippen LogP contribution is -2.44. The third kappa shape index (κ3) is 8.69. The maximum atomic E-state index is 12.9. The molecular formula is C25H38N2O8. The maximum Gasteiger partial charge on any atom is 0.328 e. The first kappa shape index (κ1) is 28.4. The van der Waals surface area contributed by atoms with Gasteiger partial charge in [-0.1, -0.05) is 26.7 Å². The molecule has 1 N–H and O–H groups in total. The zero-order valence-electron chi connectivity index (χ0n) is 21.5. The minimum absolute atomic E-state index is 0.00930. The van der Waals surface area contributed by atoms with Crippen LogP contribution in [0.5, 0.6) is 11.5 Å². The zero-order valence-corrected chi connectivity index (χ0v) is 21.5. The van der Waals surface area contributed by atoms with Gasteiger partial charge in [0, 0.05) is 25.8 Å². The Labute approximate surface area is 207 Å². The fourth-order valence-corrected chi connectivity index (χ4v) is 3.68. The number of nitrogens with one attached hydrogen (secondary N) is 1. The van der Waals surface area contributed by atoms with Gasteiger partial charge < -0.3 is 29.0 Å². The Bertz CT molecular complexity index is 854. The highest BCUT2D eigenvalue weighted by atomic mass is 16.7. The Morgan fingerprint density at radius 3 is 2.43 bits per heavy atom. The Kier molecular flexibility index (Phi) is 11.2. The van der Waals surface area contributed by atoms with Crippen molar-refractivity contribution in [3.8, 4) is 11.5 Å². The molecule has 0 aromatic carbocycles. The summed E-state index contributed by atoms with van der Waals surface area (Å²) in [5.41, 5.74) is -0.119. The summed E-state index contributed by atoms with van der Waals surface area (Å²) in [7, 11) is 1.40. The predicted octanol–water partition coefficient (Wildman–Crippen LogP) is 3.27. The summed E-state index contributed by atoms with van der Waals surface area (Å²) < 4.78 is 27.3. The predicted molar refractivity (Wildman–Crippen MR) is 127 cm³/mol. The van der Waals surface area contributed by atoms with E-state index < -0.39 is 36.8 Å².